The Morgan fingerprint density at radius 1 is 1.05 bits per heavy atom. The molecule has 0 aliphatic carbocycles. The van der Waals surface area contributed by atoms with Crippen LogP contribution in [-0.4, -0.2) is 35.6 Å². The Morgan fingerprint density at radius 2 is 1.55 bits per heavy atom. The molecule has 6 nitrogen and oxygen atoms in total. The summed E-state index contributed by atoms with van der Waals surface area (Å²) in [6, 6.07) is -0.766. The van der Waals surface area contributed by atoms with E-state index in [-0.39, 0.29) is 12.8 Å². The first-order valence-electron chi connectivity index (χ1n) is 6.59. The lowest BCUT2D eigenvalue weighted by Crippen LogP contribution is -2.40. The highest BCUT2D eigenvalue weighted by Gasteiger charge is 2.21. The van der Waals surface area contributed by atoms with Crippen LogP contribution in [0.3, 0.4) is 0 Å². The molecule has 1 N–H and O–H groups in total. The van der Waals surface area contributed by atoms with Gasteiger partial charge in [0.05, 0.1) is 6.04 Å². The van der Waals surface area contributed by atoms with Gasteiger partial charge in [0.1, 0.15) is 17.5 Å². The molecule has 0 rings (SSSR count). The van der Waals surface area contributed by atoms with Crippen molar-refractivity contribution >= 4 is 18.3 Å². The summed E-state index contributed by atoms with van der Waals surface area (Å²) >= 11 is 0. The highest BCUT2D eigenvalue weighted by Crippen LogP contribution is 2.10. The van der Waals surface area contributed by atoms with Crippen LogP contribution in [0.1, 0.15) is 54.4 Å². The number of amides is 1. The van der Waals surface area contributed by atoms with Crippen molar-refractivity contribution in [2.24, 2.45) is 0 Å². The van der Waals surface area contributed by atoms with Gasteiger partial charge in [0.15, 0.2) is 0 Å². The van der Waals surface area contributed by atoms with Crippen LogP contribution in [0.5, 0.6) is 0 Å². The number of esters is 1. The van der Waals surface area contributed by atoms with Crippen molar-refractivity contribution < 1.29 is 23.9 Å². The zero-order valence-corrected chi connectivity index (χ0v) is 13.1. The molecular formula is C14H25NO5. The largest absolute Gasteiger partial charge is 0.460 e. The lowest BCUT2D eigenvalue weighted by molar-refractivity contribution is -0.155. The maximum Gasteiger partial charge on any atom is 0.408 e. The molecule has 1 atom stereocenters. The van der Waals surface area contributed by atoms with Crippen molar-refractivity contribution in [3.8, 4) is 0 Å². The van der Waals surface area contributed by atoms with Gasteiger partial charge < -0.3 is 19.6 Å². The number of nitrogens with one attached hydrogen (secondary N) is 1. The quantitative estimate of drug-likeness (QED) is 0.619. The lowest BCUT2D eigenvalue weighted by Gasteiger charge is -2.22. The van der Waals surface area contributed by atoms with Gasteiger partial charge in [0.2, 0.25) is 0 Å². The average molecular weight is 287 g/mol. The first-order chi connectivity index (χ1) is 8.93. The van der Waals surface area contributed by atoms with Gasteiger partial charge in [-0.3, -0.25) is 4.79 Å². The Bertz CT molecular complexity index is 352. The molecule has 0 aromatic rings. The summed E-state index contributed by atoms with van der Waals surface area (Å²) in [5, 5.41) is 2.40. The summed E-state index contributed by atoms with van der Waals surface area (Å²) in [7, 11) is 0. The van der Waals surface area contributed by atoms with Gasteiger partial charge in [-0.05, 0) is 48.0 Å². The van der Waals surface area contributed by atoms with Crippen LogP contribution >= 0.6 is 0 Å². The van der Waals surface area contributed by atoms with E-state index in [4.69, 9.17) is 9.47 Å². The van der Waals surface area contributed by atoms with Gasteiger partial charge in [0.25, 0.3) is 0 Å². The molecule has 0 aromatic carbocycles. The van der Waals surface area contributed by atoms with Crippen molar-refractivity contribution in [1.29, 1.82) is 0 Å². The fourth-order valence-electron chi connectivity index (χ4n) is 1.30. The van der Waals surface area contributed by atoms with Crippen LogP contribution in [0, 0.1) is 0 Å². The first kappa shape index (κ1) is 18.4. The Labute approximate surface area is 120 Å². The molecule has 20 heavy (non-hydrogen) atoms. The molecule has 0 spiro atoms. The molecule has 0 saturated carbocycles. The minimum Gasteiger partial charge on any atom is -0.460 e. The van der Waals surface area contributed by atoms with Crippen LogP contribution < -0.4 is 5.32 Å². The molecule has 0 heterocycles. The number of rotatable bonds is 5. The minimum absolute atomic E-state index is 0.0521. The molecule has 0 aliphatic rings. The molecule has 0 aromatic heterocycles. The van der Waals surface area contributed by atoms with E-state index in [2.05, 4.69) is 5.32 Å². The van der Waals surface area contributed by atoms with E-state index in [9.17, 15) is 14.4 Å². The smallest absolute Gasteiger partial charge is 0.408 e. The van der Waals surface area contributed by atoms with Gasteiger partial charge in [-0.1, -0.05) is 0 Å². The maximum absolute atomic E-state index is 11.5. The van der Waals surface area contributed by atoms with Crippen molar-refractivity contribution in [2.45, 2.75) is 71.6 Å². The van der Waals surface area contributed by atoms with Crippen molar-refractivity contribution in [1.82, 2.24) is 5.32 Å². The second-order valence-corrected chi connectivity index (χ2v) is 6.51. The van der Waals surface area contributed by atoms with Crippen LogP contribution in [0.25, 0.3) is 0 Å². The number of carbonyl (C=O) groups is 3. The molecular weight excluding hydrogens is 262 g/mol. The van der Waals surface area contributed by atoms with Gasteiger partial charge in [0, 0.05) is 6.42 Å². The molecule has 6 heteroatoms. The third-order valence-electron chi connectivity index (χ3n) is 1.95. The minimum atomic E-state index is -0.766. The van der Waals surface area contributed by atoms with E-state index in [0.29, 0.717) is 6.29 Å². The normalized spacial score (nSPS) is 13.3. The van der Waals surface area contributed by atoms with Crippen LogP contribution in [0.4, 0.5) is 4.79 Å². The van der Waals surface area contributed by atoms with Crippen molar-refractivity contribution in [3.63, 3.8) is 0 Å². The molecule has 0 saturated heterocycles. The predicted molar refractivity (Wildman–Crippen MR) is 74.3 cm³/mol. The number of carbonyl (C=O) groups excluding carboxylic acids is 3. The van der Waals surface area contributed by atoms with E-state index < -0.39 is 29.3 Å². The summed E-state index contributed by atoms with van der Waals surface area (Å²) in [6.07, 6.45) is 0.126. The molecule has 0 unspecified atom stereocenters. The molecule has 0 bridgehead atoms. The highest BCUT2D eigenvalue weighted by atomic mass is 16.6. The second kappa shape index (κ2) is 7.26. The summed E-state index contributed by atoms with van der Waals surface area (Å²) < 4.78 is 10.2. The molecule has 116 valence electrons. The summed E-state index contributed by atoms with van der Waals surface area (Å²) in [5.74, 6) is -0.407. The molecule has 0 fully saturated rings. The van der Waals surface area contributed by atoms with Crippen LogP contribution in [-0.2, 0) is 19.1 Å². The average Bonchev–Trinajstić information content (AvgIpc) is 2.18. The second-order valence-electron chi connectivity index (χ2n) is 6.51. The SMILES string of the molecule is CC(C)(C)OC(=O)CC[C@H](C=O)NC(=O)OC(C)(C)C. The third kappa shape index (κ3) is 10.3. The third-order valence-corrected chi connectivity index (χ3v) is 1.95. The Kier molecular flexibility index (Phi) is 6.68. The summed E-state index contributed by atoms with van der Waals surface area (Å²) in [4.78, 5) is 33.9. The zero-order chi connectivity index (χ0) is 16.0. The van der Waals surface area contributed by atoms with E-state index >= 15 is 0 Å². The number of alkyl carbamates (subject to hydrolysis) is 1. The van der Waals surface area contributed by atoms with E-state index in [1.54, 1.807) is 41.5 Å². The number of ether oxygens (including phenoxy) is 2. The lowest BCUT2D eigenvalue weighted by atomic mass is 10.1. The maximum atomic E-state index is 11.5. The Balaban J connectivity index is 4.20. The topological polar surface area (TPSA) is 81.7 Å². The van der Waals surface area contributed by atoms with Gasteiger partial charge >= 0.3 is 12.1 Å². The van der Waals surface area contributed by atoms with Crippen LogP contribution in [0.2, 0.25) is 0 Å². The Morgan fingerprint density at radius 3 is 1.95 bits per heavy atom. The van der Waals surface area contributed by atoms with E-state index in [0.717, 1.165) is 0 Å². The number of aldehydes is 1. The van der Waals surface area contributed by atoms with E-state index in [1.807, 2.05) is 0 Å². The van der Waals surface area contributed by atoms with Crippen LogP contribution in [0.15, 0.2) is 0 Å². The summed E-state index contributed by atoms with van der Waals surface area (Å²) in [6.45, 7) is 10.5. The zero-order valence-electron chi connectivity index (χ0n) is 13.1. The molecule has 0 radical (unpaired) electrons. The summed E-state index contributed by atoms with van der Waals surface area (Å²) in [5.41, 5.74) is -1.20. The van der Waals surface area contributed by atoms with Crippen molar-refractivity contribution in [2.75, 3.05) is 0 Å². The monoisotopic (exact) mass is 287 g/mol. The first-order valence-corrected chi connectivity index (χ1v) is 6.59. The fraction of sp³-hybridized carbons (Fsp3) is 0.786. The standard InChI is InChI=1S/C14H25NO5/c1-13(2,3)19-11(17)8-7-10(9-16)15-12(18)20-14(4,5)6/h9-10H,7-8H2,1-6H3,(H,15,18)/t10-/m1/s1. The Hall–Kier alpha value is -1.59. The number of hydrogen-bond acceptors (Lipinski definition) is 5. The van der Waals surface area contributed by atoms with Crippen molar-refractivity contribution in [3.05, 3.63) is 0 Å². The van der Waals surface area contributed by atoms with E-state index in [1.165, 1.54) is 0 Å². The highest BCUT2D eigenvalue weighted by molar-refractivity contribution is 5.75. The fourth-order valence-corrected chi connectivity index (χ4v) is 1.30. The molecule has 1 amide bonds. The van der Waals surface area contributed by atoms with Gasteiger partial charge in [-0.2, -0.15) is 0 Å². The molecule has 0 aliphatic heterocycles. The number of hydrogen-bond donors (Lipinski definition) is 1. The van der Waals surface area contributed by atoms with Gasteiger partial charge in [-0.25, -0.2) is 4.79 Å². The van der Waals surface area contributed by atoms with Gasteiger partial charge in [-0.15, -0.1) is 0 Å². The predicted octanol–water partition coefficient (Wildman–Crippen LogP) is 2.20.